The molecule has 0 aliphatic rings. The van der Waals surface area contributed by atoms with Gasteiger partial charge >= 0.3 is 0 Å². The summed E-state index contributed by atoms with van der Waals surface area (Å²) in [5, 5.41) is 3.31. The number of nitrogens with zero attached hydrogens (tertiary/aromatic N) is 2. The summed E-state index contributed by atoms with van der Waals surface area (Å²) in [5.74, 6) is -0.140. The van der Waals surface area contributed by atoms with Crippen molar-refractivity contribution in [3.63, 3.8) is 0 Å². The normalized spacial score (nSPS) is 10.8. The van der Waals surface area contributed by atoms with Crippen molar-refractivity contribution in [1.82, 2.24) is 15.2 Å². The minimum Gasteiger partial charge on any atom is -0.375 e. The van der Waals surface area contributed by atoms with E-state index in [4.69, 9.17) is 5.73 Å². The van der Waals surface area contributed by atoms with Crippen LogP contribution in [-0.2, 0) is 13.1 Å². The van der Waals surface area contributed by atoms with Crippen molar-refractivity contribution in [2.24, 2.45) is 0 Å². The summed E-state index contributed by atoms with van der Waals surface area (Å²) >= 11 is 1.19. The smallest absolute Gasteiger partial charge is 0.263 e. The quantitative estimate of drug-likeness (QED) is 0.879. The second-order valence-corrected chi connectivity index (χ2v) is 5.81. The van der Waals surface area contributed by atoms with Crippen LogP contribution in [0.5, 0.6) is 0 Å². The Bertz CT molecular complexity index is 594. The maximum atomic E-state index is 12.0. The van der Waals surface area contributed by atoms with E-state index in [-0.39, 0.29) is 5.91 Å². The largest absolute Gasteiger partial charge is 0.375 e. The van der Waals surface area contributed by atoms with E-state index >= 15 is 0 Å². The van der Waals surface area contributed by atoms with Crippen molar-refractivity contribution >= 4 is 22.4 Å². The summed E-state index contributed by atoms with van der Waals surface area (Å²) in [7, 11) is 4.05. The number of hydrogen-bond donors (Lipinski definition) is 2. The standard InChI is InChI=1S/C14H18N4OS/c1-18(2)9-11-6-4-3-5-10(11)7-16-13(19)12-8-17-14(15)20-12/h3-6,8H,7,9H2,1-2H3,(H2,15,17)(H,16,19). The predicted molar refractivity (Wildman–Crippen MR) is 81.5 cm³/mol. The highest BCUT2D eigenvalue weighted by molar-refractivity contribution is 7.17. The number of carbonyl (C=O) groups is 1. The molecule has 1 amide bonds. The van der Waals surface area contributed by atoms with Gasteiger partial charge < -0.3 is 16.0 Å². The molecule has 0 spiro atoms. The van der Waals surface area contributed by atoms with Crippen molar-refractivity contribution in [1.29, 1.82) is 0 Å². The molecule has 0 aliphatic carbocycles. The van der Waals surface area contributed by atoms with E-state index < -0.39 is 0 Å². The number of nitrogens with two attached hydrogens (primary N) is 1. The Hall–Kier alpha value is -1.92. The number of nitrogens with one attached hydrogen (secondary N) is 1. The highest BCUT2D eigenvalue weighted by atomic mass is 32.1. The van der Waals surface area contributed by atoms with Crippen molar-refractivity contribution in [2.45, 2.75) is 13.1 Å². The third-order valence-electron chi connectivity index (χ3n) is 2.79. The maximum absolute atomic E-state index is 12.0. The van der Waals surface area contributed by atoms with Gasteiger partial charge in [-0.15, -0.1) is 0 Å². The number of nitrogen functional groups attached to an aromatic ring is 1. The van der Waals surface area contributed by atoms with E-state index in [0.717, 1.165) is 12.1 Å². The molecule has 106 valence electrons. The van der Waals surface area contributed by atoms with Gasteiger partial charge in [-0.05, 0) is 25.2 Å². The molecule has 0 fully saturated rings. The monoisotopic (exact) mass is 290 g/mol. The lowest BCUT2D eigenvalue weighted by Crippen LogP contribution is -2.23. The fourth-order valence-corrected chi connectivity index (χ4v) is 2.48. The number of aromatic nitrogens is 1. The number of rotatable bonds is 5. The second-order valence-electron chi connectivity index (χ2n) is 4.75. The molecule has 0 aliphatic heterocycles. The van der Waals surface area contributed by atoms with Crippen LogP contribution in [0.15, 0.2) is 30.5 Å². The van der Waals surface area contributed by atoms with E-state index in [1.54, 1.807) is 0 Å². The average molecular weight is 290 g/mol. The lowest BCUT2D eigenvalue weighted by Gasteiger charge is -2.14. The lowest BCUT2D eigenvalue weighted by atomic mass is 10.1. The molecule has 0 saturated heterocycles. The van der Waals surface area contributed by atoms with Crippen LogP contribution in [0.2, 0.25) is 0 Å². The number of benzene rings is 1. The first-order valence-corrected chi connectivity index (χ1v) is 7.09. The molecule has 0 radical (unpaired) electrons. The molecular weight excluding hydrogens is 272 g/mol. The molecule has 6 heteroatoms. The minimum absolute atomic E-state index is 0.140. The lowest BCUT2D eigenvalue weighted by molar-refractivity contribution is 0.0954. The van der Waals surface area contributed by atoms with Gasteiger partial charge in [-0.25, -0.2) is 4.98 Å². The van der Waals surface area contributed by atoms with Gasteiger partial charge in [-0.1, -0.05) is 35.6 Å². The van der Waals surface area contributed by atoms with Crippen LogP contribution >= 0.6 is 11.3 Å². The van der Waals surface area contributed by atoms with Gasteiger partial charge in [-0.3, -0.25) is 4.79 Å². The van der Waals surface area contributed by atoms with Crippen molar-refractivity contribution in [2.75, 3.05) is 19.8 Å². The molecule has 1 heterocycles. The van der Waals surface area contributed by atoms with Crippen LogP contribution in [0.25, 0.3) is 0 Å². The SMILES string of the molecule is CN(C)Cc1ccccc1CNC(=O)c1cnc(N)s1. The van der Waals surface area contributed by atoms with E-state index in [2.05, 4.69) is 21.3 Å². The highest BCUT2D eigenvalue weighted by Crippen LogP contribution is 2.15. The van der Waals surface area contributed by atoms with Gasteiger partial charge in [0.2, 0.25) is 0 Å². The zero-order valence-corrected chi connectivity index (χ0v) is 12.4. The first kappa shape index (κ1) is 14.5. The van der Waals surface area contributed by atoms with Crippen LogP contribution in [-0.4, -0.2) is 29.9 Å². The number of hydrogen-bond acceptors (Lipinski definition) is 5. The summed E-state index contributed by atoms with van der Waals surface area (Å²) in [5.41, 5.74) is 7.85. The van der Waals surface area contributed by atoms with Crippen molar-refractivity contribution in [3.8, 4) is 0 Å². The highest BCUT2D eigenvalue weighted by Gasteiger charge is 2.10. The van der Waals surface area contributed by atoms with E-state index in [1.165, 1.54) is 23.1 Å². The van der Waals surface area contributed by atoms with Gasteiger partial charge in [-0.2, -0.15) is 0 Å². The molecule has 5 nitrogen and oxygen atoms in total. The number of anilines is 1. The fourth-order valence-electron chi connectivity index (χ4n) is 1.88. The summed E-state index contributed by atoms with van der Waals surface area (Å²) in [6.45, 7) is 1.35. The van der Waals surface area contributed by atoms with Gasteiger partial charge in [0.05, 0.1) is 6.20 Å². The first-order chi connectivity index (χ1) is 9.56. The molecule has 0 atom stereocenters. The average Bonchev–Trinajstić information content (AvgIpc) is 2.83. The third-order valence-corrected chi connectivity index (χ3v) is 3.62. The zero-order valence-electron chi connectivity index (χ0n) is 11.6. The van der Waals surface area contributed by atoms with E-state index in [9.17, 15) is 4.79 Å². The minimum atomic E-state index is -0.140. The maximum Gasteiger partial charge on any atom is 0.263 e. The number of carbonyl (C=O) groups excluding carboxylic acids is 1. The van der Waals surface area contributed by atoms with Gasteiger partial charge in [0, 0.05) is 13.1 Å². The molecular formula is C14H18N4OS. The fraction of sp³-hybridized carbons (Fsp3) is 0.286. The molecule has 0 bridgehead atoms. The van der Waals surface area contributed by atoms with Crippen molar-refractivity contribution < 1.29 is 4.79 Å². The summed E-state index contributed by atoms with van der Waals surface area (Å²) in [6.07, 6.45) is 1.50. The summed E-state index contributed by atoms with van der Waals surface area (Å²) in [4.78, 5) is 18.5. The molecule has 2 rings (SSSR count). The zero-order chi connectivity index (χ0) is 14.5. The van der Waals surface area contributed by atoms with Gasteiger partial charge in [0.25, 0.3) is 5.91 Å². The van der Waals surface area contributed by atoms with Crippen LogP contribution in [0, 0.1) is 0 Å². The Labute approximate surface area is 122 Å². The number of thiazole rings is 1. The summed E-state index contributed by atoms with van der Waals surface area (Å²) in [6, 6.07) is 8.09. The van der Waals surface area contributed by atoms with E-state index in [1.807, 2.05) is 32.3 Å². The van der Waals surface area contributed by atoms with Gasteiger partial charge in [0.1, 0.15) is 4.88 Å². The van der Waals surface area contributed by atoms with Gasteiger partial charge in [0.15, 0.2) is 5.13 Å². The third kappa shape index (κ3) is 3.79. The molecule has 3 N–H and O–H groups in total. The Kier molecular flexibility index (Phi) is 4.70. The molecule has 2 aromatic rings. The Balaban J connectivity index is 2.02. The second kappa shape index (κ2) is 6.49. The molecule has 1 aromatic heterocycles. The molecule has 20 heavy (non-hydrogen) atoms. The van der Waals surface area contributed by atoms with Crippen molar-refractivity contribution in [3.05, 3.63) is 46.5 Å². The molecule has 0 unspecified atom stereocenters. The molecule has 1 aromatic carbocycles. The van der Waals surface area contributed by atoms with Crippen LogP contribution in [0.1, 0.15) is 20.8 Å². The number of amides is 1. The predicted octanol–water partition coefficient (Wildman–Crippen LogP) is 1.72. The molecule has 0 saturated carbocycles. The van der Waals surface area contributed by atoms with Crippen LogP contribution in [0.3, 0.4) is 0 Å². The van der Waals surface area contributed by atoms with Crippen LogP contribution in [0.4, 0.5) is 5.13 Å². The Morgan fingerprint density at radius 1 is 1.35 bits per heavy atom. The van der Waals surface area contributed by atoms with E-state index in [0.29, 0.717) is 16.6 Å². The first-order valence-electron chi connectivity index (χ1n) is 6.27. The Morgan fingerprint density at radius 3 is 2.65 bits per heavy atom. The van der Waals surface area contributed by atoms with Crippen LogP contribution < -0.4 is 11.1 Å². The topological polar surface area (TPSA) is 71.2 Å². The Morgan fingerprint density at radius 2 is 2.05 bits per heavy atom. The summed E-state index contributed by atoms with van der Waals surface area (Å²) < 4.78 is 0.